The van der Waals surface area contributed by atoms with Gasteiger partial charge in [0.1, 0.15) is 6.54 Å². The third-order valence-corrected chi connectivity index (χ3v) is 2.89. The summed E-state index contributed by atoms with van der Waals surface area (Å²) in [4.78, 5) is 8.80. The van der Waals surface area contributed by atoms with Crippen molar-refractivity contribution in [3.8, 4) is 0 Å². The molecule has 0 spiro atoms. The van der Waals surface area contributed by atoms with Gasteiger partial charge in [-0.1, -0.05) is 0 Å². The highest BCUT2D eigenvalue weighted by Gasteiger charge is 2.31. The average molecular weight is 290 g/mol. The molecule has 0 aliphatic heterocycles. The van der Waals surface area contributed by atoms with Crippen LogP contribution >= 0.6 is 0 Å². The van der Waals surface area contributed by atoms with Gasteiger partial charge in [0.2, 0.25) is 5.95 Å². The molecule has 8 heteroatoms. The molecule has 0 radical (unpaired) electrons. The Balaban J connectivity index is 1.96. The topological polar surface area (TPSA) is 61.3 Å². The summed E-state index contributed by atoms with van der Waals surface area (Å²) in [5.41, 5.74) is 0.830. The minimum Gasteiger partial charge on any atom is -0.395 e. The molecule has 1 saturated carbocycles. The number of rotatable bonds is 7. The monoisotopic (exact) mass is 290 g/mol. The van der Waals surface area contributed by atoms with Crippen molar-refractivity contribution in [1.82, 2.24) is 15.3 Å². The Labute approximate surface area is 114 Å². The van der Waals surface area contributed by atoms with E-state index in [1.54, 1.807) is 0 Å². The molecule has 1 aliphatic carbocycles. The first-order chi connectivity index (χ1) is 9.48. The Morgan fingerprint density at radius 3 is 2.45 bits per heavy atom. The summed E-state index contributed by atoms with van der Waals surface area (Å²) in [6, 6.07) is 0.547. The van der Waals surface area contributed by atoms with Crippen LogP contribution in [0.4, 0.5) is 19.1 Å². The number of aliphatic hydroxyl groups is 1. The van der Waals surface area contributed by atoms with Crippen molar-refractivity contribution in [1.29, 1.82) is 0 Å². The number of aliphatic hydroxyl groups excluding tert-OH is 1. The first-order valence-electron chi connectivity index (χ1n) is 6.45. The quantitative estimate of drug-likeness (QED) is 0.787. The molecule has 1 aromatic heterocycles. The zero-order valence-corrected chi connectivity index (χ0v) is 10.9. The van der Waals surface area contributed by atoms with E-state index in [0.29, 0.717) is 12.6 Å². The molecule has 2 rings (SSSR count). The first-order valence-corrected chi connectivity index (χ1v) is 6.45. The Morgan fingerprint density at radius 1 is 1.30 bits per heavy atom. The first kappa shape index (κ1) is 15.0. The number of nitrogens with zero attached hydrogens (tertiary/aromatic N) is 3. The molecule has 0 unspecified atom stereocenters. The van der Waals surface area contributed by atoms with Crippen LogP contribution in [-0.4, -0.2) is 47.0 Å². The van der Waals surface area contributed by atoms with Gasteiger partial charge in [0.15, 0.2) is 0 Å². The maximum absolute atomic E-state index is 12.4. The third-order valence-electron chi connectivity index (χ3n) is 2.89. The number of hydrogen-bond acceptors (Lipinski definition) is 5. The van der Waals surface area contributed by atoms with E-state index in [1.165, 1.54) is 12.4 Å². The van der Waals surface area contributed by atoms with E-state index < -0.39 is 12.7 Å². The molecule has 0 amide bonds. The van der Waals surface area contributed by atoms with Gasteiger partial charge in [-0.15, -0.1) is 0 Å². The summed E-state index contributed by atoms with van der Waals surface area (Å²) in [5.74, 6) is -0.0217. The number of nitrogens with one attached hydrogen (secondary N) is 1. The van der Waals surface area contributed by atoms with Crippen molar-refractivity contribution < 1.29 is 18.3 Å². The number of aromatic nitrogens is 2. The molecule has 0 saturated heterocycles. The molecule has 112 valence electrons. The summed E-state index contributed by atoms with van der Waals surface area (Å²) < 4.78 is 37.3. The van der Waals surface area contributed by atoms with E-state index in [0.717, 1.165) is 23.3 Å². The van der Waals surface area contributed by atoms with Crippen LogP contribution in [0, 0.1) is 0 Å². The number of hydrogen-bond donors (Lipinski definition) is 2. The molecular weight excluding hydrogens is 273 g/mol. The minimum atomic E-state index is -4.36. The zero-order valence-electron chi connectivity index (χ0n) is 10.9. The molecule has 2 N–H and O–H groups in total. The van der Waals surface area contributed by atoms with E-state index in [4.69, 9.17) is 5.11 Å². The summed E-state index contributed by atoms with van der Waals surface area (Å²) in [7, 11) is 0. The average Bonchev–Trinajstić information content (AvgIpc) is 3.19. The van der Waals surface area contributed by atoms with E-state index >= 15 is 0 Å². The summed E-state index contributed by atoms with van der Waals surface area (Å²) >= 11 is 0. The van der Waals surface area contributed by atoms with Gasteiger partial charge in [-0.2, -0.15) is 13.2 Å². The molecule has 1 fully saturated rings. The van der Waals surface area contributed by atoms with Crippen molar-refractivity contribution in [2.75, 3.05) is 24.6 Å². The number of alkyl halides is 3. The van der Waals surface area contributed by atoms with Crippen LogP contribution in [0.5, 0.6) is 0 Å². The van der Waals surface area contributed by atoms with Crippen molar-refractivity contribution in [3.63, 3.8) is 0 Å². The maximum Gasteiger partial charge on any atom is 0.406 e. The van der Waals surface area contributed by atoms with Gasteiger partial charge in [0.05, 0.1) is 6.61 Å². The van der Waals surface area contributed by atoms with E-state index in [1.807, 2.05) is 0 Å². The Hall–Kier alpha value is -1.41. The molecule has 0 atom stereocenters. The van der Waals surface area contributed by atoms with Crippen LogP contribution in [0.3, 0.4) is 0 Å². The summed E-state index contributed by atoms with van der Waals surface area (Å²) in [6.45, 7) is -1.10. The molecule has 1 aliphatic rings. The fraction of sp³-hybridized carbons (Fsp3) is 0.667. The highest BCUT2D eigenvalue weighted by atomic mass is 19.4. The Kier molecular flexibility index (Phi) is 4.77. The van der Waals surface area contributed by atoms with Crippen molar-refractivity contribution in [2.24, 2.45) is 0 Å². The van der Waals surface area contributed by atoms with Gasteiger partial charge in [-0.25, -0.2) is 9.97 Å². The number of anilines is 1. The van der Waals surface area contributed by atoms with Gasteiger partial charge in [0.25, 0.3) is 0 Å². The van der Waals surface area contributed by atoms with Crippen molar-refractivity contribution in [2.45, 2.75) is 31.6 Å². The lowest BCUT2D eigenvalue weighted by molar-refractivity contribution is -0.120. The molecular formula is C12H17F3N4O. The number of halogens is 3. The molecule has 1 aromatic rings. The fourth-order valence-corrected chi connectivity index (χ4v) is 1.74. The van der Waals surface area contributed by atoms with Crippen LogP contribution in [0.15, 0.2) is 12.4 Å². The van der Waals surface area contributed by atoms with E-state index in [9.17, 15) is 13.2 Å². The normalized spacial score (nSPS) is 15.4. The summed E-state index contributed by atoms with van der Waals surface area (Å²) in [5, 5.41) is 12.1. The fourth-order valence-electron chi connectivity index (χ4n) is 1.74. The second kappa shape index (κ2) is 6.36. The van der Waals surface area contributed by atoms with Crippen LogP contribution in [0.25, 0.3) is 0 Å². The predicted molar refractivity (Wildman–Crippen MR) is 67.2 cm³/mol. The van der Waals surface area contributed by atoms with Gasteiger partial charge in [-0.05, 0) is 12.8 Å². The molecule has 0 aromatic carbocycles. The van der Waals surface area contributed by atoms with Gasteiger partial charge < -0.3 is 15.3 Å². The second-order valence-electron chi connectivity index (χ2n) is 4.81. The Morgan fingerprint density at radius 2 is 1.95 bits per heavy atom. The maximum atomic E-state index is 12.4. The molecule has 1 heterocycles. The lowest BCUT2D eigenvalue weighted by Crippen LogP contribution is -2.37. The largest absolute Gasteiger partial charge is 0.406 e. The zero-order chi connectivity index (χ0) is 14.6. The van der Waals surface area contributed by atoms with Gasteiger partial charge in [0, 0.05) is 37.1 Å². The van der Waals surface area contributed by atoms with Crippen LogP contribution in [-0.2, 0) is 6.54 Å². The third kappa shape index (κ3) is 4.93. The molecule has 0 bridgehead atoms. The minimum absolute atomic E-state index is 0.0217. The van der Waals surface area contributed by atoms with E-state index in [-0.39, 0.29) is 19.1 Å². The van der Waals surface area contributed by atoms with Gasteiger partial charge in [-0.3, -0.25) is 0 Å². The predicted octanol–water partition coefficient (Wildman–Crippen LogP) is 1.09. The van der Waals surface area contributed by atoms with Gasteiger partial charge >= 0.3 is 6.18 Å². The highest BCUT2D eigenvalue weighted by Crippen LogP contribution is 2.20. The van der Waals surface area contributed by atoms with Crippen molar-refractivity contribution >= 4 is 5.95 Å². The Bertz CT molecular complexity index is 420. The van der Waals surface area contributed by atoms with Crippen LogP contribution < -0.4 is 10.2 Å². The standard InChI is InChI=1S/C12H17F3N4O/c13-12(14,15)8-19(3-4-20)11-17-6-9(7-18-11)5-16-10-1-2-10/h6-7,10,16,20H,1-5,8H2. The van der Waals surface area contributed by atoms with Crippen molar-refractivity contribution in [3.05, 3.63) is 18.0 Å². The lowest BCUT2D eigenvalue weighted by Gasteiger charge is -2.22. The highest BCUT2D eigenvalue weighted by molar-refractivity contribution is 5.30. The van der Waals surface area contributed by atoms with Crippen LogP contribution in [0.1, 0.15) is 18.4 Å². The SMILES string of the molecule is OCCN(CC(F)(F)F)c1ncc(CNC2CC2)cn1. The molecule has 5 nitrogen and oxygen atoms in total. The molecule has 20 heavy (non-hydrogen) atoms. The lowest BCUT2D eigenvalue weighted by atomic mass is 10.3. The van der Waals surface area contributed by atoms with Crippen LogP contribution in [0.2, 0.25) is 0 Å². The summed E-state index contributed by atoms with van der Waals surface area (Å²) in [6.07, 6.45) is 0.991. The van der Waals surface area contributed by atoms with E-state index in [2.05, 4.69) is 15.3 Å². The second-order valence-corrected chi connectivity index (χ2v) is 4.81. The smallest absolute Gasteiger partial charge is 0.395 e.